The van der Waals surface area contributed by atoms with E-state index in [0.717, 1.165) is 36.7 Å². The van der Waals surface area contributed by atoms with E-state index in [0.29, 0.717) is 27.3 Å². The Bertz CT molecular complexity index is 985. The van der Waals surface area contributed by atoms with Crippen LogP contribution in [0.3, 0.4) is 0 Å². The number of carbonyl (C=O) groups excluding carboxylic acids is 1. The lowest BCUT2D eigenvalue weighted by atomic mass is 9.49. The van der Waals surface area contributed by atoms with Gasteiger partial charge in [-0.2, -0.15) is 13.2 Å². The van der Waals surface area contributed by atoms with E-state index in [1.165, 1.54) is 29.9 Å². The van der Waals surface area contributed by atoms with E-state index in [2.05, 4.69) is 10.5 Å². The van der Waals surface area contributed by atoms with Gasteiger partial charge in [-0.05, 0) is 68.4 Å². The summed E-state index contributed by atoms with van der Waals surface area (Å²) < 4.78 is 41.9. The molecule has 1 aromatic carbocycles. The maximum absolute atomic E-state index is 13.3. The van der Waals surface area contributed by atoms with Crippen molar-refractivity contribution in [2.75, 3.05) is 0 Å². The second-order valence-corrected chi connectivity index (χ2v) is 9.85. The molecule has 0 unspecified atom stereocenters. The first kappa shape index (κ1) is 18.2. The van der Waals surface area contributed by atoms with Gasteiger partial charge in [-0.25, -0.2) is 5.43 Å². The quantitative estimate of drug-likeness (QED) is 0.734. The van der Waals surface area contributed by atoms with Gasteiger partial charge in [0.1, 0.15) is 0 Å². The third kappa shape index (κ3) is 2.79. The molecule has 4 saturated carbocycles. The number of hydrogen-bond acceptors (Lipinski definition) is 3. The topological polar surface area (TPSA) is 46.4 Å². The number of nitrogens with zero attached hydrogens (tertiary/aromatic N) is 2. The highest BCUT2D eigenvalue weighted by Gasteiger charge is 2.54. The van der Waals surface area contributed by atoms with Gasteiger partial charge in [-0.15, -0.1) is 5.10 Å². The highest BCUT2D eigenvalue weighted by Crippen LogP contribution is 2.60. The van der Waals surface area contributed by atoms with Gasteiger partial charge in [0, 0.05) is 7.05 Å². The van der Waals surface area contributed by atoms with Crippen LogP contribution in [-0.2, 0) is 18.0 Å². The lowest BCUT2D eigenvalue weighted by Gasteiger charge is -2.55. The van der Waals surface area contributed by atoms with Crippen molar-refractivity contribution in [1.82, 2.24) is 9.99 Å². The summed E-state index contributed by atoms with van der Waals surface area (Å²) >= 11 is 1.15. The SMILES string of the molecule is Cn1/c(=N/NC(=O)C23CC4CC(CC(C4)C2)C3)sc2cccc(C(F)(F)F)c21. The summed E-state index contributed by atoms with van der Waals surface area (Å²) in [4.78, 5) is 13.4. The molecule has 150 valence electrons. The number of halogens is 3. The minimum Gasteiger partial charge on any atom is -0.318 e. The van der Waals surface area contributed by atoms with Crippen LogP contribution >= 0.6 is 11.3 Å². The van der Waals surface area contributed by atoms with Crippen LogP contribution in [0.15, 0.2) is 23.3 Å². The van der Waals surface area contributed by atoms with Crippen molar-refractivity contribution in [2.45, 2.75) is 44.7 Å². The molecule has 28 heavy (non-hydrogen) atoms. The fourth-order valence-electron chi connectivity index (χ4n) is 6.15. The highest BCUT2D eigenvalue weighted by molar-refractivity contribution is 7.16. The van der Waals surface area contributed by atoms with Crippen LogP contribution in [0.4, 0.5) is 13.2 Å². The number of thiazole rings is 1. The third-order valence-corrected chi connectivity index (χ3v) is 8.00. The summed E-state index contributed by atoms with van der Waals surface area (Å²) in [6.07, 6.45) is 2.09. The second-order valence-electron chi connectivity index (χ2n) is 8.84. The van der Waals surface area contributed by atoms with Crippen molar-refractivity contribution >= 4 is 27.5 Å². The number of alkyl halides is 3. The zero-order valence-electron chi connectivity index (χ0n) is 15.6. The first-order valence-electron chi connectivity index (χ1n) is 9.75. The number of nitrogens with one attached hydrogen (secondary N) is 1. The second kappa shape index (κ2) is 6.08. The first-order chi connectivity index (χ1) is 13.2. The smallest absolute Gasteiger partial charge is 0.318 e. The average Bonchev–Trinajstić information content (AvgIpc) is 2.94. The predicted octanol–water partition coefficient (Wildman–Crippen LogP) is 4.41. The van der Waals surface area contributed by atoms with Crippen molar-refractivity contribution < 1.29 is 18.0 Å². The minimum absolute atomic E-state index is 0.0555. The largest absolute Gasteiger partial charge is 0.418 e. The van der Waals surface area contributed by atoms with Crippen LogP contribution in [0.2, 0.25) is 0 Å². The van der Waals surface area contributed by atoms with Gasteiger partial charge in [0.05, 0.1) is 21.2 Å². The minimum atomic E-state index is -4.43. The Morgan fingerprint density at radius 2 is 1.79 bits per heavy atom. The van der Waals surface area contributed by atoms with Crippen molar-refractivity contribution in [3.8, 4) is 0 Å². The number of aryl methyl sites for hydroxylation is 1. The normalized spacial score (nSPS) is 32.3. The van der Waals surface area contributed by atoms with Crippen LogP contribution < -0.4 is 10.2 Å². The van der Waals surface area contributed by atoms with Gasteiger partial charge < -0.3 is 4.57 Å². The standard InChI is InChI=1S/C20H22F3N3OS/c1-26-16-14(20(21,22)23)3-2-4-15(16)28-18(26)25-24-17(27)19-8-11-5-12(9-19)7-13(6-11)10-19/h2-4,11-13H,5-10H2,1H3,(H,24,27)/b25-18-. The van der Waals surface area contributed by atoms with E-state index >= 15 is 0 Å². The number of benzene rings is 1. The summed E-state index contributed by atoms with van der Waals surface area (Å²) in [7, 11) is 1.56. The third-order valence-electron chi connectivity index (χ3n) is 6.90. The fourth-order valence-corrected chi connectivity index (χ4v) is 7.15. The summed E-state index contributed by atoms with van der Waals surface area (Å²) in [5.41, 5.74) is 1.80. The summed E-state index contributed by atoms with van der Waals surface area (Å²) in [5, 5.41) is 4.24. The Morgan fingerprint density at radius 3 is 2.36 bits per heavy atom. The Labute approximate surface area is 164 Å². The van der Waals surface area contributed by atoms with Crippen LogP contribution in [0, 0.1) is 23.2 Å². The van der Waals surface area contributed by atoms with E-state index in [4.69, 9.17) is 0 Å². The van der Waals surface area contributed by atoms with E-state index in [1.807, 2.05) is 0 Å². The molecule has 0 atom stereocenters. The van der Waals surface area contributed by atoms with Crippen molar-refractivity contribution in [2.24, 2.45) is 35.3 Å². The molecule has 4 nitrogen and oxygen atoms in total. The molecule has 4 aliphatic carbocycles. The van der Waals surface area contributed by atoms with Crippen LogP contribution in [-0.4, -0.2) is 10.5 Å². The van der Waals surface area contributed by atoms with E-state index in [-0.39, 0.29) is 16.8 Å². The Kier molecular flexibility index (Phi) is 3.96. The van der Waals surface area contributed by atoms with Crippen molar-refractivity contribution in [3.05, 3.63) is 28.6 Å². The fraction of sp³-hybridized carbons (Fsp3) is 0.600. The molecule has 1 aromatic heterocycles. The molecule has 4 aliphatic rings. The Balaban J connectivity index is 1.47. The number of para-hydroxylation sites is 1. The van der Waals surface area contributed by atoms with E-state index in [1.54, 1.807) is 13.1 Å². The number of fused-ring (bicyclic) bond motifs is 1. The number of carbonyl (C=O) groups is 1. The van der Waals surface area contributed by atoms with Gasteiger partial charge in [0.25, 0.3) is 0 Å². The number of aromatic nitrogens is 1. The molecule has 2 aromatic rings. The molecule has 0 saturated heterocycles. The summed E-state index contributed by atoms with van der Waals surface area (Å²) in [6.45, 7) is 0. The van der Waals surface area contributed by atoms with Gasteiger partial charge in [0.15, 0.2) is 0 Å². The molecular formula is C20H22F3N3OS. The molecule has 4 fully saturated rings. The van der Waals surface area contributed by atoms with Gasteiger partial charge in [-0.3, -0.25) is 4.79 Å². The average molecular weight is 409 g/mol. The van der Waals surface area contributed by atoms with Gasteiger partial charge in [0.2, 0.25) is 10.7 Å². The molecule has 8 heteroatoms. The van der Waals surface area contributed by atoms with Crippen molar-refractivity contribution in [1.29, 1.82) is 0 Å². The molecule has 0 radical (unpaired) electrons. The molecule has 1 amide bonds. The van der Waals surface area contributed by atoms with E-state index in [9.17, 15) is 18.0 Å². The molecule has 1 heterocycles. The molecule has 6 rings (SSSR count). The Morgan fingerprint density at radius 1 is 1.18 bits per heavy atom. The lowest BCUT2D eigenvalue weighted by molar-refractivity contribution is -0.146. The molecule has 0 spiro atoms. The highest BCUT2D eigenvalue weighted by atomic mass is 32.1. The molecule has 1 N–H and O–H groups in total. The number of hydrogen-bond donors (Lipinski definition) is 1. The zero-order valence-corrected chi connectivity index (χ0v) is 16.4. The summed E-state index contributed by atoms with van der Waals surface area (Å²) in [5.74, 6) is 1.88. The van der Waals surface area contributed by atoms with Crippen LogP contribution in [0.1, 0.15) is 44.1 Å². The van der Waals surface area contributed by atoms with Gasteiger partial charge >= 0.3 is 6.18 Å². The predicted molar refractivity (Wildman–Crippen MR) is 100 cm³/mol. The van der Waals surface area contributed by atoms with E-state index < -0.39 is 11.7 Å². The molecular weight excluding hydrogens is 387 g/mol. The summed E-state index contributed by atoms with van der Waals surface area (Å²) in [6, 6.07) is 4.13. The molecule has 4 bridgehead atoms. The lowest BCUT2D eigenvalue weighted by Crippen LogP contribution is -2.53. The van der Waals surface area contributed by atoms with Crippen molar-refractivity contribution in [3.63, 3.8) is 0 Å². The number of rotatable bonds is 2. The van der Waals surface area contributed by atoms with Crippen LogP contribution in [0.5, 0.6) is 0 Å². The Hall–Kier alpha value is -1.83. The zero-order chi connectivity index (χ0) is 19.7. The maximum atomic E-state index is 13.3. The first-order valence-corrected chi connectivity index (χ1v) is 10.6. The number of amides is 1. The monoisotopic (exact) mass is 409 g/mol. The van der Waals surface area contributed by atoms with Crippen LogP contribution in [0.25, 0.3) is 10.2 Å². The van der Waals surface area contributed by atoms with Gasteiger partial charge in [-0.1, -0.05) is 17.4 Å². The molecule has 0 aliphatic heterocycles. The maximum Gasteiger partial charge on any atom is 0.418 e.